The van der Waals surface area contributed by atoms with E-state index in [0.717, 1.165) is 5.56 Å². The van der Waals surface area contributed by atoms with Gasteiger partial charge in [-0.05, 0) is 61.2 Å². The van der Waals surface area contributed by atoms with Crippen LogP contribution in [0.4, 0.5) is 17.6 Å². The number of pyridine rings is 1. The minimum atomic E-state index is -4.83. The number of nitrogens with zero attached hydrogens (tertiary/aromatic N) is 1. The summed E-state index contributed by atoms with van der Waals surface area (Å²) < 4.78 is 51.8. The Balaban J connectivity index is 2.21. The predicted octanol–water partition coefficient (Wildman–Crippen LogP) is 3.60. The topological polar surface area (TPSA) is 59.1 Å². The summed E-state index contributed by atoms with van der Waals surface area (Å²) in [5.41, 5.74) is 6.96. The highest BCUT2D eigenvalue weighted by atomic mass is 19.4. The summed E-state index contributed by atoms with van der Waals surface area (Å²) in [6.45, 7) is 1.73. The second-order valence-corrected chi connectivity index (χ2v) is 6.29. The monoisotopic (exact) mass is 340 g/mol. The van der Waals surface area contributed by atoms with Crippen molar-refractivity contribution >= 4 is 0 Å². The van der Waals surface area contributed by atoms with Gasteiger partial charge in [0.15, 0.2) is 6.10 Å². The van der Waals surface area contributed by atoms with Gasteiger partial charge < -0.3 is 10.8 Å². The van der Waals surface area contributed by atoms with Crippen LogP contribution in [-0.2, 0) is 12.0 Å². The number of fused-ring (bicyclic) bond motifs is 1. The molecule has 0 fully saturated rings. The molecule has 0 bridgehead atoms. The lowest BCUT2D eigenvalue weighted by Gasteiger charge is -2.22. The second kappa shape index (κ2) is 5.53. The molecule has 1 aromatic heterocycles. The third kappa shape index (κ3) is 2.89. The largest absolute Gasteiger partial charge is 0.420 e. The van der Waals surface area contributed by atoms with Crippen LogP contribution in [-0.4, -0.2) is 16.3 Å². The molecule has 0 aliphatic heterocycles. The Bertz CT molecular complexity index is 769. The highest BCUT2D eigenvalue weighted by Crippen LogP contribution is 2.42. The maximum Gasteiger partial charge on any atom is 0.420 e. The number of aromatic nitrogens is 1. The van der Waals surface area contributed by atoms with Crippen molar-refractivity contribution in [1.82, 2.24) is 4.98 Å². The van der Waals surface area contributed by atoms with Crippen molar-refractivity contribution in [3.8, 4) is 11.3 Å². The van der Waals surface area contributed by atoms with Crippen LogP contribution >= 0.6 is 0 Å². The molecule has 1 aliphatic carbocycles. The number of aliphatic hydroxyl groups is 1. The first-order valence-corrected chi connectivity index (χ1v) is 7.43. The molecule has 2 unspecified atom stereocenters. The van der Waals surface area contributed by atoms with Gasteiger partial charge in [-0.15, -0.1) is 0 Å². The van der Waals surface area contributed by atoms with Crippen LogP contribution in [0, 0.1) is 5.82 Å². The van der Waals surface area contributed by atoms with Gasteiger partial charge in [-0.1, -0.05) is 0 Å². The summed E-state index contributed by atoms with van der Waals surface area (Å²) in [6, 6.07) is 6.56. The first-order valence-electron chi connectivity index (χ1n) is 7.43. The Labute approximate surface area is 136 Å². The number of halogens is 4. The Morgan fingerprint density at radius 1 is 1.25 bits per heavy atom. The molecule has 128 valence electrons. The van der Waals surface area contributed by atoms with Crippen LogP contribution in [0.15, 0.2) is 30.3 Å². The van der Waals surface area contributed by atoms with E-state index < -0.39 is 29.3 Å². The van der Waals surface area contributed by atoms with Crippen molar-refractivity contribution in [3.63, 3.8) is 0 Å². The molecule has 0 saturated carbocycles. The van der Waals surface area contributed by atoms with E-state index in [1.54, 1.807) is 6.92 Å². The molecule has 0 spiro atoms. The van der Waals surface area contributed by atoms with E-state index in [9.17, 15) is 22.7 Å². The molecule has 1 aromatic carbocycles. The fourth-order valence-corrected chi connectivity index (χ4v) is 3.03. The molecule has 2 aromatic rings. The van der Waals surface area contributed by atoms with Gasteiger partial charge in [0, 0.05) is 11.1 Å². The van der Waals surface area contributed by atoms with Crippen LogP contribution in [0.1, 0.15) is 36.3 Å². The van der Waals surface area contributed by atoms with Crippen LogP contribution in [0.25, 0.3) is 11.3 Å². The van der Waals surface area contributed by atoms with Gasteiger partial charge in [-0.25, -0.2) is 9.37 Å². The molecule has 3 rings (SSSR count). The number of rotatable bonds is 2. The van der Waals surface area contributed by atoms with Crippen molar-refractivity contribution in [1.29, 1.82) is 0 Å². The minimum Gasteiger partial charge on any atom is -0.378 e. The zero-order chi connectivity index (χ0) is 17.7. The molecule has 7 heteroatoms. The minimum absolute atomic E-state index is 0.306. The second-order valence-electron chi connectivity index (χ2n) is 6.29. The average molecular weight is 340 g/mol. The van der Waals surface area contributed by atoms with Crippen LogP contribution in [0.3, 0.4) is 0 Å². The summed E-state index contributed by atoms with van der Waals surface area (Å²) >= 11 is 0. The van der Waals surface area contributed by atoms with E-state index in [1.807, 2.05) is 0 Å². The van der Waals surface area contributed by atoms with Gasteiger partial charge in [-0.2, -0.15) is 13.2 Å². The SMILES string of the molecule is CC1(N)CCc2c1cc(C(O)C(F)(F)F)nc2-c1ccc(F)cc1. The van der Waals surface area contributed by atoms with Crippen LogP contribution in [0.2, 0.25) is 0 Å². The first kappa shape index (κ1) is 16.9. The van der Waals surface area contributed by atoms with E-state index in [2.05, 4.69) is 4.98 Å². The third-order valence-corrected chi connectivity index (χ3v) is 4.36. The van der Waals surface area contributed by atoms with Crippen molar-refractivity contribution in [2.75, 3.05) is 0 Å². The van der Waals surface area contributed by atoms with Crippen molar-refractivity contribution < 1.29 is 22.7 Å². The van der Waals surface area contributed by atoms with Gasteiger partial charge in [-0.3, -0.25) is 0 Å². The fourth-order valence-electron chi connectivity index (χ4n) is 3.03. The number of benzene rings is 1. The summed E-state index contributed by atoms with van der Waals surface area (Å²) in [4.78, 5) is 4.03. The van der Waals surface area contributed by atoms with Crippen molar-refractivity contribution in [3.05, 3.63) is 53.0 Å². The maximum absolute atomic E-state index is 13.1. The molecular formula is C17H16F4N2O. The standard InChI is InChI=1S/C17H16F4N2O/c1-16(22)7-6-11-12(16)8-13(15(24)17(19,20)21)23-14(11)9-2-4-10(18)5-3-9/h2-5,8,15,24H,6-7,22H2,1H3. The highest BCUT2D eigenvalue weighted by molar-refractivity contribution is 5.67. The number of nitrogens with two attached hydrogens (primary N) is 1. The van der Waals surface area contributed by atoms with Gasteiger partial charge >= 0.3 is 6.18 Å². The van der Waals surface area contributed by atoms with Gasteiger partial charge in [0.1, 0.15) is 5.82 Å². The van der Waals surface area contributed by atoms with Crippen LogP contribution < -0.4 is 5.73 Å². The predicted molar refractivity (Wildman–Crippen MR) is 80.5 cm³/mol. The Morgan fingerprint density at radius 2 is 1.88 bits per heavy atom. The van der Waals surface area contributed by atoms with Crippen LogP contribution in [0.5, 0.6) is 0 Å². The molecule has 1 heterocycles. The highest BCUT2D eigenvalue weighted by Gasteiger charge is 2.42. The smallest absolute Gasteiger partial charge is 0.378 e. The molecule has 3 N–H and O–H groups in total. The number of hydrogen-bond donors (Lipinski definition) is 2. The quantitative estimate of drug-likeness (QED) is 0.821. The van der Waals surface area contributed by atoms with Gasteiger partial charge in [0.05, 0.1) is 11.4 Å². The Hall–Kier alpha value is -1.99. The van der Waals surface area contributed by atoms with Crippen molar-refractivity contribution in [2.45, 2.75) is 37.6 Å². The maximum atomic E-state index is 13.1. The number of alkyl halides is 3. The number of aliphatic hydroxyl groups excluding tert-OH is 1. The van der Waals surface area contributed by atoms with E-state index >= 15 is 0 Å². The molecule has 1 aliphatic rings. The average Bonchev–Trinajstić information content (AvgIpc) is 2.81. The Kier molecular flexibility index (Phi) is 3.88. The lowest BCUT2D eigenvalue weighted by atomic mass is 9.93. The molecule has 0 amide bonds. The summed E-state index contributed by atoms with van der Waals surface area (Å²) in [5, 5.41) is 9.59. The van der Waals surface area contributed by atoms with E-state index in [1.165, 1.54) is 30.3 Å². The summed E-state index contributed by atoms with van der Waals surface area (Å²) in [7, 11) is 0. The zero-order valence-electron chi connectivity index (χ0n) is 12.9. The molecule has 0 saturated heterocycles. The van der Waals surface area contributed by atoms with E-state index in [4.69, 9.17) is 5.73 Å². The van der Waals surface area contributed by atoms with Crippen molar-refractivity contribution in [2.24, 2.45) is 5.73 Å². The molecule has 0 radical (unpaired) electrons. The summed E-state index contributed by atoms with van der Waals surface area (Å²) in [6.07, 6.45) is -6.41. The normalized spacial score (nSPS) is 21.6. The lowest BCUT2D eigenvalue weighted by molar-refractivity contribution is -0.207. The van der Waals surface area contributed by atoms with E-state index in [0.29, 0.717) is 29.7 Å². The first-order chi connectivity index (χ1) is 11.1. The molecule has 3 nitrogen and oxygen atoms in total. The number of hydrogen-bond acceptors (Lipinski definition) is 3. The van der Waals surface area contributed by atoms with E-state index in [-0.39, 0.29) is 0 Å². The molecular weight excluding hydrogens is 324 g/mol. The summed E-state index contributed by atoms with van der Waals surface area (Å²) in [5.74, 6) is -0.453. The lowest BCUT2D eigenvalue weighted by Crippen LogP contribution is -2.30. The third-order valence-electron chi connectivity index (χ3n) is 4.36. The molecule has 2 atom stereocenters. The van der Waals surface area contributed by atoms with Gasteiger partial charge in [0.2, 0.25) is 0 Å². The zero-order valence-corrected chi connectivity index (χ0v) is 12.9. The fraction of sp³-hybridized carbons (Fsp3) is 0.353. The van der Waals surface area contributed by atoms with Gasteiger partial charge in [0.25, 0.3) is 0 Å². The molecule has 24 heavy (non-hydrogen) atoms. The Morgan fingerprint density at radius 3 is 2.46 bits per heavy atom.